The molecule has 0 aliphatic carbocycles. The first-order valence-electron chi connectivity index (χ1n) is 4.36. The van der Waals surface area contributed by atoms with E-state index in [1.54, 1.807) is 24.3 Å². The molecule has 0 heterocycles. The molecule has 0 radical (unpaired) electrons. The largest absolute Gasteiger partial charge is 0.508 e. The van der Waals surface area contributed by atoms with Crippen LogP contribution in [0.25, 0.3) is 0 Å². The van der Waals surface area contributed by atoms with Crippen molar-refractivity contribution in [1.29, 1.82) is 0 Å². The van der Waals surface area contributed by atoms with E-state index in [9.17, 15) is 9.90 Å². The minimum atomic E-state index is -1.01. The lowest BCUT2D eigenvalue weighted by Crippen LogP contribution is -2.30. The number of halogens is 1. The van der Waals surface area contributed by atoms with E-state index >= 15 is 0 Å². The number of para-hydroxylation sites is 1. The highest BCUT2D eigenvalue weighted by Crippen LogP contribution is 2.17. The summed E-state index contributed by atoms with van der Waals surface area (Å²) in [5, 5.41) is 17.9. The van der Waals surface area contributed by atoms with Gasteiger partial charge in [0.2, 0.25) is 0 Å². The van der Waals surface area contributed by atoms with E-state index < -0.39 is 12.0 Å². The first-order valence-corrected chi connectivity index (χ1v) is 4.36. The van der Waals surface area contributed by atoms with Gasteiger partial charge in [-0.3, -0.25) is 4.79 Å². The zero-order valence-corrected chi connectivity index (χ0v) is 8.91. The fourth-order valence-corrected chi connectivity index (χ4v) is 1.16. The Balaban J connectivity index is 0.00000196. The molecule has 0 aliphatic rings. The number of aryl methyl sites for hydroxylation is 1. The topological polar surface area (TPSA) is 83.5 Å². The summed E-state index contributed by atoms with van der Waals surface area (Å²) < 4.78 is 0. The molecule has 4 N–H and O–H groups in total. The molecule has 5 heteroatoms. The summed E-state index contributed by atoms with van der Waals surface area (Å²) in [6, 6.07) is 5.97. The molecule has 0 fully saturated rings. The molecular weight excluding hydrogens is 218 g/mol. The summed E-state index contributed by atoms with van der Waals surface area (Å²) in [6.45, 7) is 0. The lowest BCUT2D eigenvalue weighted by molar-refractivity contribution is -0.138. The minimum absolute atomic E-state index is 0. The molecule has 0 saturated carbocycles. The monoisotopic (exact) mass is 231 g/mol. The second-order valence-electron chi connectivity index (χ2n) is 3.11. The summed E-state index contributed by atoms with van der Waals surface area (Å²) in [4.78, 5) is 10.4. The summed E-state index contributed by atoms with van der Waals surface area (Å²) in [7, 11) is 0. The number of phenolic OH excluding ortho intramolecular Hbond substituents is 1. The van der Waals surface area contributed by atoms with Crippen LogP contribution in [0.15, 0.2) is 24.3 Å². The highest BCUT2D eigenvalue weighted by Gasteiger charge is 2.11. The number of carboxylic acid groups (broad SMARTS) is 1. The highest BCUT2D eigenvalue weighted by atomic mass is 35.5. The smallest absolute Gasteiger partial charge is 0.320 e. The van der Waals surface area contributed by atoms with Crippen molar-refractivity contribution in [1.82, 2.24) is 0 Å². The normalized spacial score (nSPS) is 11.5. The van der Waals surface area contributed by atoms with Crippen molar-refractivity contribution >= 4 is 18.4 Å². The summed E-state index contributed by atoms with van der Waals surface area (Å²) >= 11 is 0. The van der Waals surface area contributed by atoms with Crippen molar-refractivity contribution in [2.45, 2.75) is 18.9 Å². The molecule has 1 aromatic carbocycles. The van der Waals surface area contributed by atoms with Crippen LogP contribution in [-0.4, -0.2) is 22.2 Å². The van der Waals surface area contributed by atoms with Gasteiger partial charge in [-0.2, -0.15) is 0 Å². The molecule has 0 amide bonds. The fourth-order valence-electron chi connectivity index (χ4n) is 1.16. The van der Waals surface area contributed by atoms with Crippen LogP contribution in [0.5, 0.6) is 5.75 Å². The Labute approximate surface area is 94.1 Å². The van der Waals surface area contributed by atoms with Gasteiger partial charge in [0, 0.05) is 0 Å². The molecule has 0 saturated heterocycles. The van der Waals surface area contributed by atoms with Crippen molar-refractivity contribution < 1.29 is 15.0 Å². The zero-order valence-electron chi connectivity index (χ0n) is 8.09. The lowest BCUT2D eigenvalue weighted by atomic mass is 10.1. The number of rotatable bonds is 4. The highest BCUT2D eigenvalue weighted by molar-refractivity contribution is 5.85. The molecule has 15 heavy (non-hydrogen) atoms. The first-order chi connectivity index (χ1) is 6.61. The Morgan fingerprint density at radius 2 is 2.00 bits per heavy atom. The van der Waals surface area contributed by atoms with Crippen molar-refractivity contribution in [2.24, 2.45) is 5.73 Å². The predicted octanol–water partition coefficient (Wildman–Crippen LogP) is 1.16. The van der Waals surface area contributed by atoms with E-state index in [0.717, 1.165) is 5.56 Å². The maximum Gasteiger partial charge on any atom is 0.320 e. The number of phenols is 1. The Hall–Kier alpha value is -1.26. The van der Waals surface area contributed by atoms with Gasteiger partial charge < -0.3 is 15.9 Å². The fraction of sp³-hybridized carbons (Fsp3) is 0.300. The second-order valence-corrected chi connectivity index (χ2v) is 3.11. The number of carboxylic acids is 1. The third-order valence-electron chi connectivity index (χ3n) is 2.03. The van der Waals surface area contributed by atoms with Gasteiger partial charge in [0.05, 0.1) is 0 Å². The van der Waals surface area contributed by atoms with Gasteiger partial charge in [0.25, 0.3) is 0 Å². The van der Waals surface area contributed by atoms with Gasteiger partial charge in [0.1, 0.15) is 11.8 Å². The van der Waals surface area contributed by atoms with Crippen LogP contribution in [0.2, 0.25) is 0 Å². The van der Waals surface area contributed by atoms with Crippen LogP contribution in [0, 0.1) is 0 Å². The van der Waals surface area contributed by atoms with E-state index in [1.165, 1.54) is 0 Å². The predicted molar refractivity (Wildman–Crippen MR) is 59.3 cm³/mol. The van der Waals surface area contributed by atoms with Gasteiger partial charge in [-0.05, 0) is 24.5 Å². The molecule has 4 nitrogen and oxygen atoms in total. The van der Waals surface area contributed by atoms with Gasteiger partial charge >= 0.3 is 5.97 Å². The average Bonchev–Trinajstić information content (AvgIpc) is 2.16. The third kappa shape index (κ3) is 4.18. The van der Waals surface area contributed by atoms with Crippen molar-refractivity contribution in [3.8, 4) is 5.75 Å². The number of aromatic hydroxyl groups is 1. The molecule has 84 valence electrons. The van der Waals surface area contributed by atoms with Crippen molar-refractivity contribution in [2.75, 3.05) is 0 Å². The average molecular weight is 232 g/mol. The van der Waals surface area contributed by atoms with Gasteiger partial charge in [-0.25, -0.2) is 0 Å². The van der Waals surface area contributed by atoms with Crippen LogP contribution < -0.4 is 5.73 Å². The standard InChI is InChI=1S/C10H13NO3.ClH/c11-8(10(13)14)6-5-7-3-1-2-4-9(7)12;/h1-4,8,12H,5-6,11H2,(H,13,14);1H. The van der Waals surface area contributed by atoms with E-state index in [2.05, 4.69) is 0 Å². The Kier molecular flexibility index (Phi) is 5.74. The summed E-state index contributed by atoms with van der Waals surface area (Å²) in [5.74, 6) is -0.828. The quantitative estimate of drug-likeness (QED) is 0.726. The van der Waals surface area contributed by atoms with Crippen molar-refractivity contribution in [3.63, 3.8) is 0 Å². The van der Waals surface area contributed by atoms with Gasteiger partial charge in [0.15, 0.2) is 0 Å². The SMILES string of the molecule is Cl.NC(CCc1ccccc1O)C(=O)O. The second kappa shape index (κ2) is 6.27. The molecule has 0 aliphatic heterocycles. The van der Waals surface area contributed by atoms with E-state index in [1.807, 2.05) is 0 Å². The Bertz CT molecular complexity index is 330. The Morgan fingerprint density at radius 3 is 2.53 bits per heavy atom. The molecule has 1 unspecified atom stereocenters. The number of nitrogens with two attached hydrogens (primary N) is 1. The minimum Gasteiger partial charge on any atom is -0.508 e. The maximum atomic E-state index is 10.4. The maximum absolute atomic E-state index is 10.4. The molecule has 0 spiro atoms. The van der Waals surface area contributed by atoms with E-state index in [-0.39, 0.29) is 18.2 Å². The molecule has 0 aromatic heterocycles. The van der Waals surface area contributed by atoms with E-state index in [4.69, 9.17) is 10.8 Å². The van der Waals surface area contributed by atoms with Gasteiger partial charge in [-0.15, -0.1) is 12.4 Å². The van der Waals surface area contributed by atoms with Crippen LogP contribution in [0.4, 0.5) is 0 Å². The molecule has 0 bridgehead atoms. The zero-order chi connectivity index (χ0) is 10.6. The number of carbonyl (C=O) groups is 1. The first kappa shape index (κ1) is 13.7. The third-order valence-corrected chi connectivity index (χ3v) is 2.03. The van der Waals surface area contributed by atoms with Crippen LogP contribution >= 0.6 is 12.4 Å². The molecule has 1 rings (SSSR count). The number of hydrogen-bond donors (Lipinski definition) is 3. The van der Waals surface area contributed by atoms with Crippen LogP contribution in [0.1, 0.15) is 12.0 Å². The number of hydrogen-bond acceptors (Lipinski definition) is 3. The van der Waals surface area contributed by atoms with Gasteiger partial charge in [-0.1, -0.05) is 18.2 Å². The van der Waals surface area contributed by atoms with E-state index in [0.29, 0.717) is 12.8 Å². The molecule has 1 aromatic rings. The van der Waals surface area contributed by atoms with Crippen LogP contribution in [-0.2, 0) is 11.2 Å². The molecular formula is C10H14ClNO3. The van der Waals surface area contributed by atoms with Crippen molar-refractivity contribution in [3.05, 3.63) is 29.8 Å². The number of benzene rings is 1. The summed E-state index contributed by atoms with van der Waals surface area (Å²) in [6.07, 6.45) is 0.799. The number of aliphatic carboxylic acids is 1. The lowest BCUT2D eigenvalue weighted by Gasteiger charge is -2.07. The Morgan fingerprint density at radius 1 is 1.40 bits per heavy atom. The van der Waals surface area contributed by atoms with Crippen LogP contribution in [0.3, 0.4) is 0 Å². The molecule has 1 atom stereocenters. The summed E-state index contributed by atoms with van der Waals surface area (Å²) in [5.41, 5.74) is 6.06.